The number of amides is 2. The summed E-state index contributed by atoms with van der Waals surface area (Å²) in [6.45, 7) is 6.17. The van der Waals surface area contributed by atoms with Crippen molar-refractivity contribution < 1.29 is 14.3 Å². The highest BCUT2D eigenvalue weighted by atomic mass is 16.5. The molecule has 2 atom stereocenters. The molecule has 3 aliphatic rings. The van der Waals surface area contributed by atoms with E-state index in [2.05, 4.69) is 29.2 Å². The van der Waals surface area contributed by atoms with E-state index in [0.29, 0.717) is 18.8 Å². The molecule has 0 radical (unpaired) electrons. The van der Waals surface area contributed by atoms with Crippen LogP contribution in [0.25, 0.3) is 6.08 Å². The number of morpholine rings is 1. The second kappa shape index (κ2) is 10.6. The van der Waals surface area contributed by atoms with Gasteiger partial charge in [0.1, 0.15) is 12.6 Å². The first-order valence-corrected chi connectivity index (χ1v) is 12.9. The van der Waals surface area contributed by atoms with E-state index in [9.17, 15) is 9.59 Å². The number of hydrogen-bond acceptors (Lipinski definition) is 4. The first-order chi connectivity index (χ1) is 17.1. The topological polar surface area (TPSA) is 53.1 Å². The molecule has 184 valence electrons. The number of ether oxygens (including phenoxy) is 1. The molecule has 2 saturated heterocycles. The van der Waals surface area contributed by atoms with Crippen molar-refractivity contribution in [2.75, 3.05) is 32.7 Å². The van der Waals surface area contributed by atoms with E-state index in [1.807, 2.05) is 48.2 Å². The zero-order chi connectivity index (χ0) is 24.2. The van der Waals surface area contributed by atoms with Gasteiger partial charge in [-0.3, -0.25) is 14.5 Å². The molecular formula is C29H35N3O3. The Morgan fingerprint density at radius 2 is 1.77 bits per heavy atom. The first-order valence-electron chi connectivity index (χ1n) is 12.9. The van der Waals surface area contributed by atoms with Gasteiger partial charge in [0.2, 0.25) is 5.91 Å². The van der Waals surface area contributed by atoms with Crippen LogP contribution in [0.3, 0.4) is 0 Å². The van der Waals surface area contributed by atoms with Gasteiger partial charge in [0, 0.05) is 32.7 Å². The minimum absolute atomic E-state index is 0.0192. The SMILES string of the molecule is Cc1cccc(/C=C2/OC3CCCCC3N(CC(=O)N3CCN(Cc4ccccc4)CC3)C2=O)c1. The molecule has 2 aromatic carbocycles. The summed E-state index contributed by atoms with van der Waals surface area (Å²) in [7, 11) is 0. The highest BCUT2D eigenvalue weighted by Gasteiger charge is 2.42. The second-order valence-electron chi connectivity index (χ2n) is 10.0. The van der Waals surface area contributed by atoms with Gasteiger partial charge in [0.25, 0.3) is 5.91 Å². The van der Waals surface area contributed by atoms with Crippen LogP contribution >= 0.6 is 0 Å². The van der Waals surface area contributed by atoms with Crippen molar-refractivity contribution in [2.45, 2.75) is 51.3 Å². The number of hydrogen-bond donors (Lipinski definition) is 0. The van der Waals surface area contributed by atoms with Crippen LogP contribution in [0.2, 0.25) is 0 Å². The third-order valence-corrected chi connectivity index (χ3v) is 7.44. The average Bonchev–Trinajstić information content (AvgIpc) is 2.87. The molecule has 1 saturated carbocycles. The molecule has 6 nitrogen and oxygen atoms in total. The smallest absolute Gasteiger partial charge is 0.289 e. The molecule has 2 aromatic rings. The van der Waals surface area contributed by atoms with Crippen LogP contribution in [-0.2, 0) is 20.9 Å². The Bertz CT molecular complexity index is 1080. The van der Waals surface area contributed by atoms with Gasteiger partial charge in [-0.25, -0.2) is 0 Å². The zero-order valence-corrected chi connectivity index (χ0v) is 20.6. The molecule has 0 spiro atoms. The molecule has 2 unspecified atom stereocenters. The van der Waals surface area contributed by atoms with Crippen molar-refractivity contribution in [3.8, 4) is 0 Å². The Labute approximate surface area is 208 Å². The summed E-state index contributed by atoms with van der Waals surface area (Å²) >= 11 is 0. The molecule has 2 heterocycles. The lowest BCUT2D eigenvalue weighted by molar-refractivity contribution is -0.154. The van der Waals surface area contributed by atoms with E-state index in [0.717, 1.165) is 56.4 Å². The molecule has 0 N–H and O–H groups in total. The van der Waals surface area contributed by atoms with Crippen molar-refractivity contribution >= 4 is 17.9 Å². The number of carbonyl (C=O) groups is 2. The van der Waals surface area contributed by atoms with Crippen LogP contribution in [0.1, 0.15) is 42.4 Å². The van der Waals surface area contributed by atoms with Gasteiger partial charge in [0.15, 0.2) is 5.76 Å². The lowest BCUT2D eigenvalue weighted by Crippen LogP contribution is -2.58. The third-order valence-electron chi connectivity index (χ3n) is 7.44. The van der Waals surface area contributed by atoms with E-state index in [1.165, 1.54) is 5.56 Å². The van der Waals surface area contributed by atoms with Gasteiger partial charge in [-0.15, -0.1) is 0 Å². The minimum atomic E-state index is -0.161. The summed E-state index contributed by atoms with van der Waals surface area (Å²) in [6.07, 6.45) is 5.78. The predicted octanol–water partition coefficient (Wildman–Crippen LogP) is 3.85. The number of fused-ring (bicyclic) bond motifs is 1. The lowest BCUT2D eigenvalue weighted by atomic mass is 9.89. The van der Waals surface area contributed by atoms with E-state index < -0.39 is 0 Å². The third kappa shape index (κ3) is 5.59. The fourth-order valence-corrected chi connectivity index (χ4v) is 5.52. The van der Waals surface area contributed by atoms with Gasteiger partial charge in [-0.05, 0) is 43.4 Å². The molecule has 2 amide bonds. The molecule has 0 bridgehead atoms. The second-order valence-corrected chi connectivity index (χ2v) is 10.0. The summed E-state index contributed by atoms with van der Waals surface area (Å²) < 4.78 is 6.21. The maximum atomic E-state index is 13.5. The Morgan fingerprint density at radius 3 is 2.54 bits per heavy atom. The maximum Gasteiger partial charge on any atom is 0.289 e. The van der Waals surface area contributed by atoms with Crippen molar-refractivity contribution in [3.63, 3.8) is 0 Å². The summed E-state index contributed by atoms with van der Waals surface area (Å²) in [5.74, 6) is 0.240. The number of rotatable bonds is 5. The maximum absolute atomic E-state index is 13.5. The van der Waals surface area contributed by atoms with E-state index >= 15 is 0 Å². The molecule has 3 fully saturated rings. The number of aryl methyl sites for hydroxylation is 1. The highest BCUT2D eigenvalue weighted by molar-refractivity contribution is 5.98. The average molecular weight is 474 g/mol. The number of carbonyl (C=O) groups excluding carboxylic acids is 2. The van der Waals surface area contributed by atoms with Crippen LogP contribution < -0.4 is 0 Å². The quantitative estimate of drug-likeness (QED) is 0.619. The summed E-state index contributed by atoms with van der Waals surface area (Å²) in [4.78, 5) is 32.9. The van der Waals surface area contributed by atoms with Crippen LogP contribution in [0.4, 0.5) is 0 Å². The monoisotopic (exact) mass is 473 g/mol. The first kappa shape index (κ1) is 23.6. The van der Waals surface area contributed by atoms with Crippen molar-refractivity contribution in [1.29, 1.82) is 0 Å². The zero-order valence-electron chi connectivity index (χ0n) is 20.6. The molecule has 2 aliphatic heterocycles. The van der Waals surface area contributed by atoms with Crippen molar-refractivity contribution in [1.82, 2.24) is 14.7 Å². The standard InChI is InChI=1S/C29H35N3O3/c1-22-8-7-11-24(18-22)19-27-29(34)32(25-12-5-6-13-26(25)35-27)21-28(33)31-16-14-30(15-17-31)20-23-9-3-2-4-10-23/h2-4,7-11,18-19,25-26H,5-6,12-17,20-21H2,1H3/b27-19+. The summed E-state index contributed by atoms with van der Waals surface area (Å²) in [5, 5.41) is 0. The van der Waals surface area contributed by atoms with Gasteiger partial charge >= 0.3 is 0 Å². The minimum Gasteiger partial charge on any atom is -0.482 e. The van der Waals surface area contributed by atoms with Crippen LogP contribution in [0.15, 0.2) is 60.4 Å². The number of nitrogens with zero attached hydrogens (tertiary/aromatic N) is 3. The molecular weight excluding hydrogens is 438 g/mol. The molecule has 5 rings (SSSR count). The molecule has 6 heteroatoms. The van der Waals surface area contributed by atoms with Gasteiger partial charge in [0.05, 0.1) is 6.04 Å². The molecule has 0 aromatic heterocycles. The van der Waals surface area contributed by atoms with E-state index in [4.69, 9.17) is 4.74 Å². The number of piperazine rings is 1. The van der Waals surface area contributed by atoms with Crippen molar-refractivity contribution in [3.05, 3.63) is 77.0 Å². The van der Waals surface area contributed by atoms with Crippen LogP contribution in [-0.4, -0.2) is 71.4 Å². The van der Waals surface area contributed by atoms with Gasteiger partial charge in [-0.1, -0.05) is 66.6 Å². The number of benzene rings is 2. The molecule has 1 aliphatic carbocycles. The van der Waals surface area contributed by atoms with Gasteiger partial charge < -0.3 is 14.5 Å². The van der Waals surface area contributed by atoms with E-state index in [1.54, 1.807) is 4.90 Å². The Hall–Kier alpha value is -3.12. The normalized spacial score (nSPS) is 24.3. The fourth-order valence-electron chi connectivity index (χ4n) is 5.52. The predicted molar refractivity (Wildman–Crippen MR) is 136 cm³/mol. The van der Waals surface area contributed by atoms with Crippen molar-refractivity contribution in [2.24, 2.45) is 0 Å². The summed E-state index contributed by atoms with van der Waals surface area (Å²) in [5.41, 5.74) is 3.38. The molecule has 35 heavy (non-hydrogen) atoms. The van der Waals surface area contributed by atoms with E-state index in [-0.39, 0.29) is 30.5 Å². The summed E-state index contributed by atoms with van der Waals surface area (Å²) in [6, 6.07) is 18.5. The Morgan fingerprint density at radius 1 is 1.00 bits per heavy atom. The fraction of sp³-hybridized carbons (Fsp3) is 0.448. The van der Waals surface area contributed by atoms with Crippen LogP contribution in [0.5, 0.6) is 0 Å². The lowest BCUT2D eigenvalue weighted by Gasteiger charge is -2.45. The van der Waals surface area contributed by atoms with Gasteiger partial charge in [-0.2, -0.15) is 0 Å². The highest BCUT2D eigenvalue weighted by Crippen LogP contribution is 2.33. The Balaban J connectivity index is 1.25. The van der Waals surface area contributed by atoms with Crippen LogP contribution in [0, 0.1) is 6.92 Å². The largest absolute Gasteiger partial charge is 0.482 e. The Kier molecular flexibility index (Phi) is 7.19.